The van der Waals surface area contributed by atoms with Gasteiger partial charge in [0.05, 0.1) is 10.9 Å². The first-order valence-corrected chi connectivity index (χ1v) is 6.27. The van der Waals surface area contributed by atoms with Gasteiger partial charge in [0.15, 0.2) is 5.82 Å². The van der Waals surface area contributed by atoms with E-state index in [0.29, 0.717) is 10.7 Å². The largest absolute Gasteiger partial charge is 0.341 e. The normalized spacial score (nSPS) is 12.3. The Morgan fingerprint density at radius 3 is 3.12 bits per heavy atom. The van der Waals surface area contributed by atoms with Gasteiger partial charge in [0, 0.05) is 0 Å². The third-order valence-corrected chi connectivity index (χ3v) is 3.17. The molecule has 90 valence electrons. The van der Waals surface area contributed by atoms with Gasteiger partial charge in [-0.05, 0) is 17.9 Å². The molecule has 2 rings (SSSR count). The van der Waals surface area contributed by atoms with E-state index >= 15 is 0 Å². The van der Waals surface area contributed by atoms with Gasteiger partial charge in [0.1, 0.15) is 0 Å². The molecule has 0 unspecified atom stereocenters. The maximum Gasteiger partial charge on any atom is 0.261 e. The molecule has 0 spiro atoms. The number of nitrogens with zero attached hydrogens (tertiary/aromatic N) is 3. The molecule has 0 aromatic carbocycles. The Morgan fingerprint density at radius 2 is 2.53 bits per heavy atom. The lowest BCUT2D eigenvalue weighted by Crippen LogP contribution is -2.28. The number of carbonyl (C=O) groups is 1. The number of hydrogen-bond donors (Lipinski definition) is 2. The Morgan fingerprint density at radius 1 is 1.65 bits per heavy atom. The number of amides is 1. The van der Waals surface area contributed by atoms with Crippen molar-refractivity contribution in [1.29, 1.82) is 0 Å². The number of hydrogen-bond acceptors (Lipinski definition) is 5. The number of aromatic amines is 1. The van der Waals surface area contributed by atoms with Crippen LogP contribution in [0.5, 0.6) is 0 Å². The quantitative estimate of drug-likeness (QED) is 0.844. The van der Waals surface area contributed by atoms with Crippen molar-refractivity contribution in [3.8, 4) is 0 Å². The first kappa shape index (κ1) is 11.7. The molecule has 0 bridgehead atoms. The van der Waals surface area contributed by atoms with Gasteiger partial charge in [-0.1, -0.05) is 24.6 Å². The Bertz CT molecular complexity index is 453. The Balaban J connectivity index is 2.06. The number of thiophene rings is 1. The molecule has 0 saturated heterocycles. The maximum absolute atomic E-state index is 11.9. The predicted molar refractivity (Wildman–Crippen MR) is 63.6 cm³/mol. The molecule has 0 fully saturated rings. The third kappa shape index (κ3) is 2.88. The molecule has 0 radical (unpaired) electrons. The topological polar surface area (TPSA) is 83.6 Å². The predicted octanol–water partition coefficient (Wildman–Crippen LogP) is 1.53. The van der Waals surface area contributed by atoms with Crippen LogP contribution in [0.3, 0.4) is 0 Å². The van der Waals surface area contributed by atoms with Crippen molar-refractivity contribution in [3.63, 3.8) is 0 Å². The summed E-state index contributed by atoms with van der Waals surface area (Å²) in [6, 6.07) is 3.45. The van der Waals surface area contributed by atoms with Gasteiger partial charge in [0.25, 0.3) is 5.91 Å². The van der Waals surface area contributed by atoms with Crippen LogP contribution < -0.4 is 5.32 Å². The van der Waals surface area contributed by atoms with Crippen molar-refractivity contribution in [2.24, 2.45) is 0 Å². The summed E-state index contributed by atoms with van der Waals surface area (Å²) in [6.45, 7) is 2.05. The lowest BCUT2D eigenvalue weighted by atomic mass is 10.1. The number of tetrazole rings is 1. The van der Waals surface area contributed by atoms with Crippen molar-refractivity contribution in [2.75, 3.05) is 0 Å². The highest BCUT2D eigenvalue weighted by molar-refractivity contribution is 7.12. The fraction of sp³-hybridized carbons (Fsp3) is 0.400. The zero-order valence-corrected chi connectivity index (χ0v) is 10.2. The first-order chi connectivity index (χ1) is 8.31. The minimum Gasteiger partial charge on any atom is -0.341 e. The highest BCUT2D eigenvalue weighted by Crippen LogP contribution is 2.15. The molecule has 0 aliphatic carbocycles. The Kier molecular flexibility index (Phi) is 3.81. The smallest absolute Gasteiger partial charge is 0.261 e. The summed E-state index contributed by atoms with van der Waals surface area (Å²) >= 11 is 1.41. The van der Waals surface area contributed by atoms with E-state index in [1.165, 1.54) is 11.3 Å². The van der Waals surface area contributed by atoms with E-state index in [-0.39, 0.29) is 11.9 Å². The summed E-state index contributed by atoms with van der Waals surface area (Å²) in [7, 11) is 0. The van der Waals surface area contributed by atoms with E-state index in [1.807, 2.05) is 18.4 Å². The van der Waals surface area contributed by atoms with E-state index in [1.54, 1.807) is 6.07 Å². The van der Waals surface area contributed by atoms with Crippen molar-refractivity contribution in [2.45, 2.75) is 25.8 Å². The van der Waals surface area contributed by atoms with Crippen molar-refractivity contribution >= 4 is 17.2 Å². The van der Waals surface area contributed by atoms with Crippen LogP contribution in [0, 0.1) is 0 Å². The Hall–Kier alpha value is -1.76. The molecular formula is C10H13N5OS. The van der Waals surface area contributed by atoms with E-state index in [9.17, 15) is 4.79 Å². The van der Waals surface area contributed by atoms with Gasteiger partial charge >= 0.3 is 0 Å². The van der Waals surface area contributed by atoms with Crippen molar-refractivity contribution < 1.29 is 4.79 Å². The Labute approximate surface area is 102 Å². The van der Waals surface area contributed by atoms with Crippen molar-refractivity contribution in [3.05, 3.63) is 28.2 Å². The summed E-state index contributed by atoms with van der Waals surface area (Å²) < 4.78 is 0. The number of aromatic nitrogens is 4. The summed E-state index contributed by atoms with van der Waals surface area (Å²) in [5, 5.41) is 18.5. The molecule has 1 atom stereocenters. The van der Waals surface area contributed by atoms with Gasteiger partial charge in [0.2, 0.25) is 0 Å². The summed E-state index contributed by atoms with van der Waals surface area (Å²) in [5.41, 5.74) is 0. The van der Waals surface area contributed by atoms with E-state index < -0.39 is 0 Å². The number of H-pyrrole nitrogens is 1. The minimum absolute atomic E-state index is 0.0942. The molecule has 0 aliphatic rings. The molecule has 17 heavy (non-hydrogen) atoms. The SMILES string of the molecule is CCC[C@@H](NC(=O)c1cccs1)c1nn[nH]n1. The highest BCUT2D eigenvalue weighted by atomic mass is 32.1. The number of rotatable bonds is 5. The molecule has 0 saturated carbocycles. The van der Waals surface area contributed by atoms with Crippen molar-refractivity contribution in [1.82, 2.24) is 25.9 Å². The number of nitrogens with one attached hydrogen (secondary N) is 2. The van der Waals surface area contributed by atoms with Crippen LogP contribution >= 0.6 is 11.3 Å². The minimum atomic E-state index is -0.187. The second kappa shape index (κ2) is 5.53. The lowest BCUT2D eigenvalue weighted by molar-refractivity contribution is 0.0936. The summed E-state index contributed by atoms with van der Waals surface area (Å²) in [4.78, 5) is 12.6. The average Bonchev–Trinajstić information content (AvgIpc) is 3.01. The van der Waals surface area contributed by atoms with E-state index in [0.717, 1.165) is 12.8 Å². The fourth-order valence-electron chi connectivity index (χ4n) is 1.51. The van der Waals surface area contributed by atoms with Crippen LogP contribution in [-0.2, 0) is 0 Å². The average molecular weight is 251 g/mol. The maximum atomic E-state index is 11.9. The molecule has 2 aromatic rings. The molecule has 2 N–H and O–H groups in total. The lowest BCUT2D eigenvalue weighted by Gasteiger charge is -2.13. The van der Waals surface area contributed by atoms with Crippen LogP contribution in [0.1, 0.15) is 41.3 Å². The van der Waals surface area contributed by atoms with Gasteiger partial charge in [-0.25, -0.2) is 0 Å². The third-order valence-electron chi connectivity index (χ3n) is 2.30. The molecule has 1 amide bonds. The standard InChI is InChI=1S/C10H13N5OS/c1-2-4-7(9-12-14-15-13-9)11-10(16)8-5-3-6-17-8/h3,5-7H,2,4H2,1H3,(H,11,16)(H,12,13,14,15)/t7-/m1/s1. The molecule has 6 nitrogen and oxygen atoms in total. The second-order valence-corrected chi connectivity index (χ2v) is 4.51. The van der Waals surface area contributed by atoms with Gasteiger partial charge < -0.3 is 5.32 Å². The first-order valence-electron chi connectivity index (χ1n) is 5.39. The molecule has 2 heterocycles. The van der Waals surface area contributed by atoms with Gasteiger partial charge in [-0.15, -0.1) is 21.5 Å². The number of carbonyl (C=O) groups excluding carboxylic acids is 1. The van der Waals surface area contributed by atoms with Crippen LogP contribution in [0.15, 0.2) is 17.5 Å². The molecule has 0 aliphatic heterocycles. The van der Waals surface area contributed by atoms with Gasteiger partial charge in [-0.2, -0.15) is 5.21 Å². The second-order valence-electron chi connectivity index (χ2n) is 3.56. The molecule has 7 heteroatoms. The summed E-state index contributed by atoms with van der Waals surface area (Å²) in [6.07, 6.45) is 1.72. The highest BCUT2D eigenvalue weighted by Gasteiger charge is 2.18. The van der Waals surface area contributed by atoms with E-state index in [2.05, 4.69) is 25.9 Å². The fourth-order valence-corrected chi connectivity index (χ4v) is 2.14. The zero-order chi connectivity index (χ0) is 12.1. The summed E-state index contributed by atoms with van der Waals surface area (Å²) in [5.74, 6) is 0.431. The van der Waals surface area contributed by atoms with Crippen LogP contribution in [0.25, 0.3) is 0 Å². The van der Waals surface area contributed by atoms with Gasteiger partial charge in [-0.3, -0.25) is 4.79 Å². The van der Waals surface area contributed by atoms with E-state index in [4.69, 9.17) is 0 Å². The zero-order valence-electron chi connectivity index (χ0n) is 9.38. The van der Waals surface area contributed by atoms with Crippen LogP contribution in [0.4, 0.5) is 0 Å². The molecule has 2 aromatic heterocycles. The van der Waals surface area contributed by atoms with Crippen LogP contribution in [-0.4, -0.2) is 26.5 Å². The monoisotopic (exact) mass is 251 g/mol. The molecular weight excluding hydrogens is 238 g/mol. The van der Waals surface area contributed by atoms with Crippen LogP contribution in [0.2, 0.25) is 0 Å².